The summed E-state index contributed by atoms with van der Waals surface area (Å²) < 4.78 is 0. The third kappa shape index (κ3) is 12.3. The second kappa shape index (κ2) is 14.6. The fourth-order valence-electron chi connectivity index (χ4n) is 2.37. The third-order valence-corrected chi connectivity index (χ3v) is 3.85. The summed E-state index contributed by atoms with van der Waals surface area (Å²) in [5.74, 6) is 1.04. The van der Waals surface area contributed by atoms with E-state index in [9.17, 15) is 0 Å². The maximum absolute atomic E-state index is 2.36. The molecule has 116 valence electrons. The van der Waals surface area contributed by atoms with Gasteiger partial charge in [-0.05, 0) is 17.9 Å². The summed E-state index contributed by atoms with van der Waals surface area (Å²) in [5, 5.41) is 0. The van der Waals surface area contributed by atoms with E-state index in [2.05, 4.69) is 52.0 Å². The topological polar surface area (TPSA) is 0 Å². The molecule has 20 heavy (non-hydrogen) atoms. The molecule has 0 heterocycles. The Balaban J connectivity index is 0.000000280. The summed E-state index contributed by atoms with van der Waals surface area (Å²) in [6, 6.07) is 10.5. The molecule has 0 amide bonds. The summed E-state index contributed by atoms with van der Waals surface area (Å²) in [7, 11) is 0. The van der Waals surface area contributed by atoms with E-state index in [1.165, 1.54) is 56.9 Å². The van der Waals surface area contributed by atoms with Crippen molar-refractivity contribution in [2.24, 2.45) is 5.92 Å². The summed E-state index contributed by atoms with van der Waals surface area (Å²) in [6.45, 7) is 8.95. The molecule has 1 saturated carbocycles. The largest absolute Gasteiger partial charge is 0.0654 e. The standard InChI is InChI=1S/C8H10.C7H14.C5H12/c1-2-8-6-4-3-5-7-8;1-7-5-3-2-4-6-7;1-3-5-4-2/h3-7H,2H2,1H3;7H,2-6H2,1H3;3-5H2,1-2H3. The Kier molecular flexibility index (Phi) is 14.1. The molecular formula is C20H36. The summed E-state index contributed by atoms with van der Waals surface area (Å²) in [5.41, 5.74) is 1.41. The highest BCUT2D eigenvalue weighted by Crippen LogP contribution is 2.22. The van der Waals surface area contributed by atoms with E-state index < -0.39 is 0 Å². The lowest BCUT2D eigenvalue weighted by atomic mass is 9.91. The molecule has 0 aromatic heterocycles. The quantitative estimate of drug-likeness (QED) is 0.555. The molecule has 2 rings (SSSR count). The molecule has 0 radical (unpaired) electrons. The summed E-state index contributed by atoms with van der Waals surface area (Å²) >= 11 is 0. The van der Waals surface area contributed by atoms with Crippen LogP contribution in [0.25, 0.3) is 0 Å². The molecule has 0 heteroatoms. The van der Waals surface area contributed by atoms with Crippen LogP contribution in [0.15, 0.2) is 30.3 Å². The van der Waals surface area contributed by atoms with Crippen molar-refractivity contribution in [2.75, 3.05) is 0 Å². The Hall–Kier alpha value is -0.780. The van der Waals surface area contributed by atoms with Gasteiger partial charge in [0, 0.05) is 0 Å². The molecule has 1 fully saturated rings. The first-order valence-corrected chi connectivity index (χ1v) is 8.78. The average Bonchev–Trinajstić information content (AvgIpc) is 2.51. The van der Waals surface area contributed by atoms with E-state index in [4.69, 9.17) is 0 Å². The van der Waals surface area contributed by atoms with Gasteiger partial charge < -0.3 is 0 Å². The fraction of sp³-hybridized carbons (Fsp3) is 0.700. The highest BCUT2D eigenvalue weighted by atomic mass is 14.1. The van der Waals surface area contributed by atoms with Crippen molar-refractivity contribution < 1.29 is 0 Å². The molecule has 0 N–H and O–H groups in total. The lowest BCUT2D eigenvalue weighted by molar-refractivity contribution is 0.385. The highest BCUT2D eigenvalue weighted by Gasteiger charge is 2.05. The second-order valence-electron chi connectivity index (χ2n) is 5.94. The van der Waals surface area contributed by atoms with Crippen LogP contribution in [0.1, 0.15) is 84.6 Å². The lowest BCUT2D eigenvalue weighted by Crippen LogP contribution is -1.99. The number of hydrogen-bond donors (Lipinski definition) is 0. The number of hydrogen-bond acceptors (Lipinski definition) is 0. The molecule has 0 bridgehead atoms. The minimum Gasteiger partial charge on any atom is -0.0654 e. The van der Waals surface area contributed by atoms with Crippen LogP contribution in [0.2, 0.25) is 0 Å². The summed E-state index contributed by atoms with van der Waals surface area (Å²) in [6.07, 6.45) is 12.7. The molecule has 0 aliphatic heterocycles. The van der Waals surface area contributed by atoms with E-state index in [1.807, 2.05) is 6.07 Å². The predicted molar refractivity (Wildman–Crippen MR) is 93.3 cm³/mol. The van der Waals surface area contributed by atoms with Gasteiger partial charge in [-0.1, -0.05) is 109 Å². The first kappa shape index (κ1) is 19.2. The molecule has 1 aliphatic rings. The number of aryl methyl sites for hydroxylation is 1. The van der Waals surface area contributed by atoms with Crippen molar-refractivity contribution in [2.45, 2.75) is 85.5 Å². The molecule has 1 aliphatic carbocycles. The second-order valence-corrected chi connectivity index (χ2v) is 5.94. The van der Waals surface area contributed by atoms with Crippen LogP contribution in [0, 0.1) is 5.92 Å². The molecule has 0 atom stereocenters. The van der Waals surface area contributed by atoms with E-state index in [0.717, 1.165) is 12.3 Å². The molecule has 1 aromatic rings. The maximum Gasteiger partial charge on any atom is -0.0307 e. The van der Waals surface area contributed by atoms with Gasteiger partial charge in [0.2, 0.25) is 0 Å². The zero-order chi connectivity index (χ0) is 15.1. The monoisotopic (exact) mass is 276 g/mol. The van der Waals surface area contributed by atoms with Gasteiger partial charge in [0.1, 0.15) is 0 Å². The fourth-order valence-corrected chi connectivity index (χ4v) is 2.37. The third-order valence-electron chi connectivity index (χ3n) is 3.85. The van der Waals surface area contributed by atoms with Crippen LogP contribution >= 0.6 is 0 Å². The minimum absolute atomic E-state index is 1.04. The van der Waals surface area contributed by atoms with E-state index in [-0.39, 0.29) is 0 Å². The normalized spacial score (nSPS) is 14.6. The van der Waals surface area contributed by atoms with Crippen LogP contribution in [0.4, 0.5) is 0 Å². The van der Waals surface area contributed by atoms with Crippen molar-refractivity contribution in [3.8, 4) is 0 Å². The smallest absolute Gasteiger partial charge is 0.0307 e. The maximum atomic E-state index is 2.36. The van der Waals surface area contributed by atoms with Crippen LogP contribution in [-0.2, 0) is 6.42 Å². The zero-order valence-electron chi connectivity index (χ0n) is 14.3. The Morgan fingerprint density at radius 1 is 0.850 bits per heavy atom. The first-order chi connectivity index (χ1) is 9.74. The van der Waals surface area contributed by atoms with E-state index in [1.54, 1.807) is 0 Å². The van der Waals surface area contributed by atoms with Crippen LogP contribution in [0.5, 0.6) is 0 Å². The van der Waals surface area contributed by atoms with E-state index >= 15 is 0 Å². The average molecular weight is 277 g/mol. The lowest BCUT2D eigenvalue weighted by Gasteiger charge is -2.15. The van der Waals surface area contributed by atoms with Gasteiger partial charge in [0.15, 0.2) is 0 Å². The molecular weight excluding hydrogens is 240 g/mol. The van der Waals surface area contributed by atoms with Crippen molar-refractivity contribution in [1.82, 2.24) is 0 Å². The zero-order valence-corrected chi connectivity index (χ0v) is 14.3. The van der Waals surface area contributed by atoms with Gasteiger partial charge in [-0.15, -0.1) is 0 Å². The van der Waals surface area contributed by atoms with Crippen LogP contribution in [-0.4, -0.2) is 0 Å². The highest BCUT2D eigenvalue weighted by molar-refractivity contribution is 5.13. The SMILES string of the molecule is CC1CCCCC1.CCCCC.CCc1ccccc1. The van der Waals surface area contributed by atoms with Gasteiger partial charge in [0.05, 0.1) is 0 Å². The Morgan fingerprint density at radius 3 is 1.65 bits per heavy atom. The van der Waals surface area contributed by atoms with Gasteiger partial charge in [0.25, 0.3) is 0 Å². The van der Waals surface area contributed by atoms with Crippen LogP contribution in [0.3, 0.4) is 0 Å². The minimum atomic E-state index is 1.04. The van der Waals surface area contributed by atoms with Crippen LogP contribution < -0.4 is 0 Å². The van der Waals surface area contributed by atoms with Crippen molar-refractivity contribution in [3.05, 3.63) is 35.9 Å². The number of benzene rings is 1. The van der Waals surface area contributed by atoms with Gasteiger partial charge in [-0.3, -0.25) is 0 Å². The van der Waals surface area contributed by atoms with Gasteiger partial charge >= 0.3 is 0 Å². The Bertz CT molecular complexity index is 267. The molecule has 0 nitrogen and oxygen atoms in total. The molecule has 0 spiro atoms. The number of unbranched alkanes of at least 4 members (excludes halogenated alkanes) is 2. The van der Waals surface area contributed by atoms with Crippen molar-refractivity contribution in [1.29, 1.82) is 0 Å². The van der Waals surface area contributed by atoms with Crippen molar-refractivity contribution >= 4 is 0 Å². The van der Waals surface area contributed by atoms with E-state index in [0.29, 0.717) is 0 Å². The first-order valence-electron chi connectivity index (χ1n) is 8.78. The Morgan fingerprint density at radius 2 is 1.40 bits per heavy atom. The molecule has 0 saturated heterocycles. The predicted octanol–water partition coefficient (Wildman–Crippen LogP) is 7.03. The summed E-state index contributed by atoms with van der Waals surface area (Å²) in [4.78, 5) is 0. The van der Waals surface area contributed by atoms with Gasteiger partial charge in [-0.25, -0.2) is 0 Å². The number of rotatable bonds is 3. The van der Waals surface area contributed by atoms with Crippen molar-refractivity contribution in [3.63, 3.8) is 0 Å². The molecule has 1 aromatic carbocycles. The molecule has 0 unspecified atom stereocenters. The Labute approximate surface area is 128 Å². The van der Waals surface area contributed by atoms with Gasteiger partial charge in [-0.2, -0.15) is 0 Å².